The number of carbonyl (C=O) groups excluding carboxylic acids is 1. The van der Waals surface area contributed by atoms with Gasteiger partial charge in [0.1, 0.15) is 6.54 Å². The van der Waals surface area contributed by atoms with Gasteiger partial charge >= 0.3 is 0 Å². The van der Waals surface area contributed by atoms with Crippen LogP contribution < -0.4 is 10.6 Å². The second kappa shape index (κ2) is 22.0. The number of allylic oxidation sites excluding steroid dienone is 8. The molecule has 2 aromatic carbocycles. The van der Waals surface area contributed by atoms with Crippen molar-refractivity contribution in [3.8, 4) is 0 Å². The predicted octanol–water partition coefficient (Wildman–Crippen LogP) is 5.37. The highest BCUT2D eigenvalue weighted by Gasteiger charge is 2.48. The Kier molecular flexibility index (Phi) is 18.0. The van der Waals surface area contributed by atoms with Gasteiger partial charge < -0.3 is 24.8 Å². The SMILES string of the molecule is COCCOCCC1(C)C(=CC=CC=CC=CC2=[N+](CCCCCC(N)=O)c3ccc(S(=O)(=O)OC)cc3C2(C)CCCS(=O)(=O)O)N(CCOC)c2ccc(S(=O)(=O)O)cc21. The zero-order valence-electron chi connectivity index (χ0n) is 36.0. The molecule has 62 heavy (non-hydrogen) atoms. The van der Waals surface area contributed by atoms with E-state index in [4.69, 9.17) is 24.1 Å². The first-order valence-electron chi connectivity index (χ1n) is 20.2. The molecule has 2 atom stereocenters. The van der Waals surface area contributed by atoms with Crippen molar-refractivity contribution in [1.29, 1.82) is 0 Å². The number of nitrogens with zero attached hydrogens (tertiary/aromatic N) is 2. The number of unbranched alkanes of at least 4 members (excludes halogenated alkanes) is 2. The fourth-order valence-electron chi connectivity index (χ4n) is 8.03. The lowest BCUT2D eigenvalue weighted by Crippen LogP contribution is -2.32. The number of methoxy groups -OCH3 is 2. The minimum Gasteiger partial charge on any atom is -0.383 e. The summed E-state index contributed by atoms with van der Waals surface area (Å²) >= 11 is 0. The Morgan fingerprint density at radius 1 is 0.774 bits per heavy atom. The van der Waals surface area contributed by atoms with Crippen molar-refractivity contribution < 1.29 is 62.1 Å². The summed E-state index contributed by atoms with van der Waals surface area (Å²) in [6, 6.07) is 9.29. The molecular weight excluding hydrogens is 863 g/mol. The van der Waals surface area contributed by atoms with Gasteiger partial charge in [-0.15, -0.1) is 0 Å². The Labute approximate surface area is 366 Å². The summed E-state index contributed by atoms with van der Waals surface area (Å²) in [4.78, 5) is 13.2. The van der Waals surface area contributed by atoms with Crippen LogP contribution in [0.3, 0.4) is 0 Å². The number of carbonyl (C=O) groups is 1. The standard InChI is InChI=1S/C43H59N3O13S3/c1-42(22-14-30-60(48,49)50)36-32-34(62(54,55)58-5)19-21-37(36)45(24-13-9-12-17-41(44)47)39(42)15-10-7-6-8-11-16-40-43(2,23-26-59-29-28-57-4)35-31-33(61(51,52)53)18-20-38(35)46(40)25-27-56-3/h6-8,10-11,15-16,18-21,31-32H,9,12-14,17,22-30H2,1-5H3,(H3-,44,47,48,49,50,51,52,53)/p+1. The van der Waals surface area contributed by atoms with Crippen LogP contribution in [-0.2, 0) is 64.4 Å². The van der Waals surface area contributed by atoms with Gasteiger partial charge in [0.15, 0.2) is 5.71 Å². The van der Waals surface area contributed by atoms with Crippen molar-refractivity contribution in [2.75, 3.05) is 71.5 Å². The third-order valence-electron chi connectivity index (χ3n) is 11.3. The van der Waals surface area contributed by atoms with E-state index in [0.29, 0.717) is 70.8 Å². The molecule has 0 spiro atoms. The van der Waals surface area contributed by atoms with E-state index in [-0.39, 0.29) is 35.0 Å². The molecule has 0 saturated heterocycles. The Hall–Kier alpha value is -4.05. The molecular formula is C43H60N3O13S3+. The zero-order chi connectivity index (χ0) is 45.8. The third kappa shape index (κ3) is 12.8. The van der Waals surface area contributed by atoms with Gasteiger partial charge in [0.05, 0.1) is 47.9 Å². The highest BCUT2D eigenvalue weighted by Crippen LogP contribution is 2.51. The van der Waals surface area contributed by atoms with Crippen molar-refractivity contribution >= 4 is 53.3 Å². The number of benzene rings is 2. The second-order valence-corrected chi connectivity index (χ2v) is 20.2. The Balaban J connectivity index is 1.72. The number of hydrogen-bond donors (Lipinski definition) is 3. The van der Waals surface area contributed by atoms with E-state index in [1.165, 1.54) is 18.2 Å². The molecule has 2 unspecified atom stereocenters. The third-order valence-corrected chi connectivity index (χ3v) is 14.2. The molecule has 1 amide bonds. The monoisotopic (exact) mass is 922 g/mol. The first-order chi connectivity index (χ1) is 29.2. The van der Waals surface area contributed by atoms with Gasteiger partial charge in [-0.1, -0.05) is 30.4 Å². The number of fused-ring (bicyclic) bond motifs is 2. The van der Waals surface area contributed by atoms with Crippen LogP contribution in [0.4, 0.5) is 11.4 Å². The topological polar surface area (TPSA) is 229 Å². The summed E-state index contributed by atoms with van der Waals surface area (Å²) in [7, 11) is -8.55. The fourth-order valence-corrected chi connectivity index (χ4v) is 9.73. The minimum absolute atomic E-state index is 0.0507. The summed E-state index contributed by atoms with van der Waals surface area (Å²) < 4.78 is 116. The second-order valence-electron chi connectivity index (χ2n) is 15.5. The number of hydrogen-bond acceptors (Lipinski definition) is 12. The summed E-state index contributed by atoms with van der Waals surface area (Å²) in [5, 5.41) is 0. The normalized spacial score (nSPS) is 20.1. The van der Waals surface area contributed by atoms with E-state index in [0.717, 1.165) is 35.5 Å². The van der Waals surface area contributed by atoms with Crippen LogP contribution in [0.1, 0.15) is 69.9 Å². The Bertz CT molecular complexity index is 2410. The quantitative estimate of drug-likeness (QED) is 0.0355. The van der Waals surface area contributed by atoms with E-state index in [9.17, 15) is 39.2 Å². The average molecular weight is 923 g/mol. The molecule has 0 fully saturated rings. The van der Waals surface area contributed by atoms with Crippen LogP contribution >= 0.6 is 0 Å². The number of anilines is 1. The molecule has 0 aliphatic carbocycles. The largest absolute Gasteiger partial charge is 0.383 e. The maximum Gasteiger partial charge on any atom is 0.296 e. The van der Waals surface area contributed by atoms with Gasteiger partial charge in [-0.2, -0.15) is 29.8 Å². The lowest BCUT2D eigenvalue weighted by molar-refractivity contribution is -0.438. The summed E-state index contributed by atoms with van der Waals surface area (Å²) in [5.41, 5.74) is 8.30. The molecule has 0 bridgehead atoms. The van der Waals surface area contributed by atoms with Gasteiger partial charge in [-0.3, -0.25) is 18.1 Å². The molecule has 2 heterocycles. The first-order valence-corrected chi connectivity index (χ1v) is 24.7. The van der Waals surface area contributed by atoms with E-state index in [1.807, 2.05) is 56.4 Å². The highest BCUT2D eigenvalue weighted by molar-refractivity contribution is 7.86. The smallest absolute Gasteiger partial charge is 0.296 e. The lowest BCUT2D eigenvalue weighted by atomic mass is 9.76. The molecule has 0 radical (unpaired) electrons. The Morgan fingerprint density at radius 3 is 2.11 bits per heavy atom. The molecule has 16 nitrogen and oxygen atoms in total. The lowest BCUT2D eigenvalue weighted by Gasteiger charge is -2.30. The molecule has 2 aliphatic heterocycles. The zero-order valence-corrected chi connectivity index (χ0v) is 38.4. The highest BCUT2D eigenvalue weighted by atomic mass is 32.2. The van der Waals surface area contributed by atoms with Gasteiger partial charge in [0, 0.05) is 74.7 Å². The molecule has 0 aromatic heterocycles. The maximum atomic E-state index is 12.8. The molecule has 342 valence electrons. The van der Waals surface area contributed by atoms with E-state index in [2.05, 4.69) is 9.48 Å². The van der Waals surface area contributed by atoms with Gasteiger partial charge in [-0.05, 0) is 87.9 Å². The minimum atomic E-state index is -4.48. The molecule has 2 aliphatic rings. The first kappa shape index (κ1) is 50.6. The van der Waals surface area contributed by atoms with Crippen molar-refractivity contribution in [3.63, 3.8) is 0 Å². The van der Waals surface area contributed by atoms with Crippen LogP contribution in [0.5, 0.6) is 0 Å². The van der Waals surface area contributed by atoms with Crippen LogP contribution in [0.25, 0.3) is 0 Å². The van der Waals surface area contributed by atoms with Crippen LogP contribution in [0, 0.1) is 0 Å². The number of rotatable bonds is 26. The summed E-state index contributed by atoms with van der Waals surface area (Å²) in [5.74, 6) is -0.862. The molecule has 0 saturated carbocycles. The number of primary amides is 1. The molecule has 4 rings (SSSR count). The van der Waals surface area contributed by atoms with E-state index < -0.39 is 46.9 Å². The van der Waals surface area contributed by atoms with Gasteiger partial charge in [0.25, 0.3) is 30.4 Å². The average Bonchev–Trinajstić information content (AvgIpc) is 3.58. The van der Waals surface area contributed by atoms with Crippen molar-refractivity contribution in [3.05, 3.63) is 95.8 Å². The number of ether oxygens (including phenoxy) is 3. The van der Waals surface area contributed by atoms with E-state index in [1.54, 1.807) is 32.4 Å². The predicted molar refractivity (Wildman–Crippen MR) is 237 cm³/mol. The van der Waals surface area contributed by atoms with Gasteiger partial charge in [0.2, 0.25) is 11.6 Å². The number of amides is 1. The van der Waals surface area contributed by atoms with Gasteiger partial charge in [-0.25, -0.2) is 0 Å². The summed E-state index contributed by atoms with van der Waals surface area (Å²) in [6.45, 7) is 6.44. The van der Waals surface area contributed by atoms with Crippen LogP contribution in [0.2, 0.25) is 0 Å². The van der Waals surface area contributed by atoms with Crippen molar-refractivity contribution in [1.82, 2.24) is 0 Å². The van der Waals surface area contributed by atoms with Crippen molar-refractivity contribution in [2.45, 2.75) is 79.4 Å². The molecule has 19 heteroatoms. The van der Waals surface area contributed by atoms with E-state index >= 15 is 0 Å². The molecule has 4 N–H and O–H groups in total. The van der Waals surface area contributed by atoms with Crippen LogP contribution in [0.15, 0.2) is 94.4 Å². The maximum absolute atomic E-state index is 12.8. The Morgan fingerprint density at radius 2 is 1.45 bits per heavy atom. The van der Waals surface area contributed by atoms with Crippen molar-refractivity contribution in [2.24, 2.45) is 5.73 Å². The number of nitrogens with two attached hydrogens (primary N) is 1. The molecule has 2 aromatic rings. The summed E-state index contributed by atoms with van der Waals surface area (Å²) in [6.07, 6.45) is 16.1. The fraction of sp³-hybridized carbons (Fsp3) is 0.488. The van der Waals surface area contributed by atoms with Crippen LogP contribution in [-0.4, -0.2) is 117 Å².